The van der Waals surface area contributed by atoms with Gasteiger partial charge in [0, 0.05) is 6.07 Å². The molecule has 0 unspecified atom stereocenters. The van der Waals surface area contributed by atoms with E-state index in [1.165, 1.54) is 37.6 Å². The lowest BCUT2D eigenvalue weighted by atomic mass is 10.2. The zero-order chi connectivity index (χ0) is 14.7. The number of nitrogens with zero attached hydrogens (tertiary/aromatic N) is 1. The van der Waals surface area contributed by atoms with Crippen LogP contribution in [0.2, 0.25) is 5.22 Å². The van der Waals surface area contributed by atoms with Gasteiger partial charge in [-0.15, -0.1) is 0 Å². The van der Waals surface area contributed by atoms with Crippen molar-refractivity contribution < 1.29 is 18.9 Å². The molecule has 0 saturated carbocycles. The third-order valence-corrected chi connectivity index (χ3v) is 2.80. The van der Waals surface area contributed by atoms with E-state index in [4.69, 9.17) is 20.8 Å². The predicted octanol–water partition coefficient (Wildman–Crippen LogP) is 3.10. The molecule has 1 N–H and O–H groups in total. The number of nitro groups is 1. The Bertz CT molecular complexity index is 668. The Morgan fingerprint density at radius 2 is 2.20 bits per heavy atom. The Morgan fingerprint density at radius 3 is 2.75 bits per heavy atom. The zero-order valence-electron chi connectivity index (χ0n) is 10.3. The van der Waals surface area contributed by atoms with E-state index < -0.39 is 10.8 Å². The molecule has 8 heteroatoms. The largest absolute Gasteiger partial charge is 0.494 e. The van der Waals surface area contributed by atoms with Crippen LogP contribution in [0.4, 0.5) is 11.4 Å². The average molecular weight is 297 g/mol. The number of halogens is 1. The van der Waals surface area contributed by atoms with Crippen LogP contribution in [-0.2, 0) is 0 Å². The van der Waals surface area contributed by atoms with Crippen LogP contribution in [0.25, 0.3) is 0 Å². The summed E-state index contributed by atoms with van der Waals surface area (Å²) >= 11 is 5.69. The number of nitrogens with one attached hydrogen (secondary N) is 1. The van der Waals surface area contributed by atoms with Gasteiger partial charge >= 0.3 is 0 Å². The average Bonchev–Trinajstić information content (AvgIpc) is 2.85. The highest BCUT2D eigenvalue weighted by Crippen LogP contribution is 2.30. The maximum Gasteiger partial charge on any atom is 0.273 e. The van der Waals surface area contributed by atoms with Gasteiger partial charge < -0.3 is 14.5 Å². The minimum Gasteiger partial charge on any atom is -0.494 e. The Labute approximate surface area is 118 Å². The SMILES string of the molecule is COc1cc([N+](=O)[O-])ccc1NC(=O)c1ccoc1Cl. The van der Waals surface area contributed by atoms with Gasteiger partial charge in [0.1, 0.15) is 5.75 Å². The van der Waals surface area contributed by atoms with Gasteiger partial charge in [-0.1, -0.05) is 0 Å². The first kappa shape index (κ1) is 13.9. The van der Waals surface area contributed by atoms with E-state index in [2.05, 4.69) is 5.32 Å². The number of carbonyl (C=O) groups is 1. The number of ether oxygens (including phenoxy) is 1. The number of methoxy groups -OCH3 is 1. The van der Waals surface area contributed by atoms with Crippen molar-refractivity contribution in [2.24, 2.45) is 0 Å². The van der Waals surface area contributed by atoms with Crippen molar-refractivity contribution >= 4 is 28.9 Å². The highest BCUT2D eigenvalue weighted by atomic mass is 35.5. The van der Waals surface area contributed by atoms with E-state index in [0.29, 0.717) is 5.69 Å². The molecule has 0 atom stereocenters. The minimum absolute atomic E-state index is 0.0385. The molecule has 1 heterocycles. The quantitative estimate of drug-likeness (QED) is 0.691. The number of benzene rings is 1. The standard InChI is InChI=1S/C12H9ClN2O5/c1-19-10-6-7(15(17)18)2-3-9(10)14-12(16)8-4-5-20-11(8)13/h2-6H,1H3,(H,14,16). The number of amides is 1. The summed E-state index contributed by atoms with van der Waals surface area (Å²) in [6.45, 7) is 0. The second-order valence-electron chi connectivity index (χ2n) is 3.70. The Hall–Kier alpha value is -2.54. The molecular weight excluding hydrogens is 288 g/mol. The summed E-state index contributed by atoms with van der Waals surface area (Å²) in [5, 5.41) is 13.2. The summed E-state index contributed by atoms with van der Waals surface area (Å²) in [7, 11) is 1.35. The number of carbonyl (C=O) groups excluding carboxylic acids is 1. The van der Waals surface area contributed by atoms with E-state index in [0.717, 1.165) is 0 Å². The summed E-state index contributed by atoms with van der Waals surface area (Å²) in [5.41, 5.74) is 0.314. The van der Waals surface area contributed by atoms with Gasteiger partial charge in [0.15, 0.2) is 0 Å². The van der Waals surface area contributed by atoms with E-state index in [1.54, 1.807) is 0 Å². The molecule has 1 aromatic carbocycles. The topological polar surface area (TPSA) is 94.6 Å². The van der Waals surface area contributed by atoms with Crippen molar-refractivity contribution in [3.05, 3.63) is 51.4 Å². The first-order valence-corrected chi connectivity index (χ1v) is 5.77. The lowest BCUT2D eigenvalue weighted by Crippen LogP contribution is -2.12. The lowest BCUT2D eigenvalue weighted by Gasteiger charge is -2.09. The Kier molecular flexibility index (Phi) is 3.90. The molecule has 2 aromatic rings. The van der Waals surface area contributed by atoms with Gasteiger partial charge in [0.2, 0.25) is 5.22 Å². The Morgan fingerprint density at radius 1 is 1.45 bits per heavy atom. The number of furan rings is 1. The van der Waals surface area contributed by atoms with Crippen LogP contribution in [0.3, 0.4) is 0 Å². The lowest BCUT2D eigenvalue weighted by molar-refractivity contribution is -0.384. The van der Waals surface area contributed by atoms with Crippen molar-refractivity contribution in [3.63, 3.8) is 0 Å². The molecule has 0 radical (unpaired) electrons. The highest BCUT2D eigenvalue weighted by molar-refractivity contribution is 6.32. The van der Waals surface area contributed by atoms with E-state index in [-0.39, 0.29) is 22.2 Å². The fourth-order valence-corrected chi connectivity index (χ4v) is 1.74. The molecule has 0 bridgehead atoms. The van der Waals surface area contributed by atoms with Crippen LogP contribution in [0, 0.1) is 10.1 Å². The van der Waals surface area contributed by atoms with Crippen LogP contribution >= 0.6 is 11.6 Å². The second kappa shape index (κ2) is 5.62. The molecule has 1 aromatic heterocycles. The van der Waals surface area contributed by atoms with Gasteiger partial charge in [-0.2, -0.15) is 0 Å². The predicted molar refractivity (Wildman–Crippen MR) is 71.3 cm³/mol. The zero-order valence-corrected chi connectivity index (χ0v) is 11.0. The molecule has 104 valence electrons. The minimum atomic E-state index is -0.554. The molecule has 7 nitrogen and oxygen atoms in total. The van der Waals surface area contributed by atoms with Crippen molar-refractivity contribution in [2.45, 2.75) is 0 Å². The molecular formula is C12H9ClN2O5. The van der Waals surface area contributed by atoms with Gasteiger partial charge in [0.05, 0.1) is 35.6 Å². The fourth-order valence-electron chi connectivity index (χ4n) is 1.54. The van der Waals surface area contributed by atoms with Crippen molar-refractivity contribution in [3.8, 4) is 5.75 Å². The molecule has 0 aliphatic heterocycles. The summed E-state index contributed by atoms with van der Waals surface area (Å²) < 4.78 is 9.82. The summed E-state index contributed by atoms with van der Waals surface area (Å²) in [5.74, 6) is -0.330. The smallest absolute Gasteiger partial charge is 0.273 e. The normalized spacial score (nSPS) is 10.1. The summed E-state index contributed by atoms with van der Waals surface area (Å²) in [4.78, 5) is 22.1. The van der Waals surface area contributed by atoms with Gasteiger partial charge in [-0.25, -0.2) is 0 Å². The van der Waals surface area contributed by atoms with Crippen molar-refractivity contribution in [2.75, 3.05) is 12.4 Å². The molecule has 20 heavy (non-hydrogen) atoms. The van der Waals surface area contributed by atoms with Crippen molar-refractivity contribution in [1.82, 2.24) is 0 Å². The van der Waals surface area contributed by atoms with Crippen LogP contribution in [0.15, 0.2) is 34.9 Å². The van der Waals surface area contributed by atoms with E-state index >= 15 is 0 Å². The summed E-state index contributed by atoms with van der Waals surface area (Å²) in [6, 6.07) is 5.26. The van der Waals surface area contributed by atoms with Gasteiger partial charge in [-0.3, -0.25) is 14.9 Å². The van der Waals surface area contributed by atoms with Gasteiger partial charge in [-0.05, 0) is 23.7 Å². The Balaban J connectivity index is 2.27. The molecule has 2 rings (SSSR count). The first-order valence-electron chi connectivity index (χ1n) is 5.39. The highest BCUT2D eigenvalue weighted by Gasteiger charge is 2.17. The second-order valence-corrected chi connectivity index (χ2v) is 4.05. The molecule has 0 aliphatic rings. The number of anilines is 1. The monoisotopic (exact) mass is 296 g/mol. The number of rotatable bonds is 4. The maximum absolute atomic E-state index is 11.9. The number of nitro benzene ring substituents is 1. The van der Waals surface area contributed by atoms with E-state index in [9.17, 15) is 14.9 Å². The first-order chi connectivity index (χ1) is 9.52. The van der Waals surface area contributed by atoms with E-state index in [1.807, 2.05) is 0 Å². The van der Waals surface area contributed by atoms with Gasteiger partial charge in [0.25, 0.3) is 11.6 Å². The molecule has 0 fully saturated rings. The molecule has 0 saturated heterocycles. The molecule has 0 aliphatic carbocycles. The molecule has 0 spiro atoms. The van der Waals surface area contributed by atoms with Crippen LogP contribution in [-0.4, -0.2) is 17.9 Å². The molecule has 1 amide bonds. The number of hydrogen-bond acceptors (Lipinski definition) is 5. The number of hydrogen-bond donors (Lipinski definition) is 1. The third kappa shape index (κ3) is 2.72. The summed E-state index contributed by atoms with van der Waals surface area (Å²) in [6.07, 6.45) is 1.28. The third-order valence-electron chi connectivity index (χ3n) is 2.51. The fraction of sp³-hybridized carbons (Fsp3) is 0.0833. The van der Waals surface area contributed by atoms with Crippen LogP contribution < -0.4 is 10.1 Å². The maximum atomic E-state index is 11.9. The number of non-ortho nitro benzene ring substituents is 1. The van der Waals surface area contributed by atoms with Crippen molar-refractivity contribution in [1.29, 1.82) is 0 Å². The van der Waals surface area contributed by atoms with Crippen LogP contribution in [0.1, 0.15) is 10.4 Å². The van der Waals surface area contributed by atoms with Crippen LogP contribution in [0.5, 0.6) is 5.75 Å².